The Kier molecular flexibility index (Phi) is 4.13. The van der Waals surface area contributed by atoms with Crippen LogP contribution in [0.15, 0.2) is 42.6 Å². The van der Waals surface area contributed by atoms with E-state index in [0.29, 0.717) is 6.54 Å². The Morgan fingerprint density at radius 3 is 2.95 bits per heavy atom. The fourth-order valence-corrected chi connectivity index (χ4v) is 2.35. The first kappa shape index (κ1) is 14.0. The fourth-order valence-electron chi connectivity index (χ4n) is 2.14. The molecule has 0 aliphatic carbocycles. The van der Waals surface area contributed by atoms with Crippen molar-refractivity contribution in [2.75, 3.05) is 6.54 Å². The second kappa shape index (κ2) is 6.20. The minimum atomic E-state index is -0.393. The van der Waals surface area contributed by atoms with E-state index >= 15 is 0 Å². The van der Waals surface area contributed by atoms with E-state index in [-0.39, 0.29) is 5.02 Å². The van der Waals surface area contributed by atoms with Gasteiger partial charge in [0.15, 0.2) is 5.65 Å². The average molecular weight is 305 g/mol. The van der Waals surface area contributed by atoms with Crippen LogP contribution in [0.4, 0.5) is 4.39 Å². The summed E-state index contributed by atoms with van der Waals surface area (Å²) in [6, 6.07) is 10.5. The summed E-state index contributed by atoms with van der Waals surface area (Å²) in [5.74, 6) is 0.519. The minimum absolute atomic E-state index is 0.151. The highest BCUT2D eigenvalue weighted by Crippen LogP contribution is 2.15. The molecular weight excluding hydrogens is 291 g/mol. The molecule has 0 saturated carbocycles. The Bertz CT molecular complexity index is 756. The third-order valence-electron chi connectivity index (χ3n) is 3.22. The zero-order chi connectivity index (χ0) is 14.7. The number of halogens is 2. The Balaban J connectivity index is 1.55. The van der Waals surface area contributed by atoms with Gasteiger partial charge in [0.25, 0.3) is 0 Å². The molecule has 1 aromatic carbocycles. The lowest BCUT2D eigenvalue weighted by Crippen LogP contribution is -2.17. The predicted octanol–water partition coefficient (Wildman–Crippen LogP) is 2.85. The van der Waals surface area contributed by atoms with E-state index in [1.165, 1.54) is 6.07 Å². The van der Waals surface area contributed by atoms with Gasteiger partial charge in [-0.2, -0.15) is 0 Å². The summed E-state index contributed by atoms with van der Waals surface area (Å²) in [5, 5.41) is 11.7. The molecule has 0 unspecified atom stereocenters. The van der Waals surface area contributed by atoms with E-state index in [9.17, 15) is 4.39 Å². The number of nitrogens with zero attached hydrogens (tertiary/aromatic N) is 3. The summed E-state index contributed by atoms with van der Waals surface area (Å²) in [6.45, 7) is 1.39. The molecule has 4 nitrogen and oxygen atoms in total. The summed E-state index contributed by atoms with van der Waals surface area (Å²) in [7, 11) is 0. The van der Waals surface area contributed by atoms with Crippen LogP contribution in [0.3, 0.4) is 0 Å². The highest BCUT2D eigenvalue weighted by molar-refractivity contribution is 6.30. The quantitative estimate of drug-likeness (QED) is 0.737. The maximum absolute atomic E-state index is 13.1. The molecule has 3 rings (SSSR count). The summed E-state index contributed by atoms with van der Waals surface area (Å²) < 4.78 is 15.0. The summed E-state index contributed by atoms with van der Waals surface area (Å²) in [6.07, 6.45) is 2.71. The molecule has 0 spiro atoms. The van der Waals surface area contributed by atoms with E-state index in [2.05, 4.69) is 15.5 Å². The van der Waals surface area contributed by atoms with Gasteiger partial charge in [0.1, 0.15) is 11.6 Å². The van der Waals surface area contributed by atoms with Crippen molar-refractivity contribution >= 4 is 17.2 Å². The van der Waals surface area contributed by atoms with Gasteiger partial charge in [0.05, 0.1) is 5.02 Å². The number of fused-ring (bicyclic) bond motifs is 1. The number of hydrogen-bond acceptors (Lipinski definition) is 3. The Morgan fingerprint density at radius 1 is 1.19 bits per heavy atom. The zero-order valence-corrected chi connectivity index (χ0v) is 12.0. The molecule has 3 aromatic rings. The van der Waals surface area contributed by atoms with Gasteiger partial charge in [0, 0.05) is 25.7 Å². The van der Waals surface area contributed by atoms with Crippen LogP contribution in [-0.2, 0) is 13.0 Å². The highest BCUT2D eigenvalue weighted by atomic mass is 35.5. The van der Waals surface area contributed by atoms with Gasteiger partial charge in [-0.1, -0.05) is 23.7 Å². The highest BCUT2D eigenvalue weighted by Gasteiger charge is 2.04. The smallest absolute Gasteiger partial charge is 0.160 e. The predicted molar refractivity (Wildman–Crippen MR) is 79.8 cm³/mol. The van der Waals surface area contributed by atoms with Crippen molar-refractivity contribution in [3.05, 3.63) is 64.8 Å². The topological polar surface area (TPSA) is 42.2 Å². The van der Waals surface area contributed by atoms with E-state index in [1.54, 1.807) is 12.1 Å². The van der Waals surface area contributed by atoms with Crippen LogP contribution in [-0.4, -0.2) is 21.1 Å². The molecule has 0 amide bonds. The monoisotopic (exact) mass is 304 g/mol. The van der Waals surface area contributed by atoms with Crippen molar-refractivity contribution in [2.24, 2.45) is 0 Å². The van der Waals surface area contributed by atoms with Gasteiger partial charge in [-0.25, -0.2) is 4.39 Å². The minimum Gasteiger partial charge on any atom is -0.312 e. The van der Waals surface area contributed by atoms with Crippen LogP contribution in [0.25, 0.3) is 5.65 Å². The molecule has 0 radical (unpaired) electrons. The number of pyridine rings is 1. The van der Waals surface area contributed by atoms with E-state index in [0.717, 1.165) is 30.0 Å². The summed E-state index contributed by atoms with van der Waals surface area (Å²) >= 11 is 5.75. The second-order valence-electron chi connectivity index (χ2n) is 4.72. The van der Waals surface area contributed by atoms with Crippen LogP contribution in [0.1, 0.15) is 11.4 Å². The van der Waals surface area contributed by atoms with Crippen molar-refractivity contribution < 1.29 is 4.39 Å². The van der Waals surface area contributed by atoms with Gasteiger partial charge in [0.2, 0.25) is 0 Å². The fraction of sp³-hybridized carbons (Fsp3) is 0.200. The third-order valence-corrected chi connectivity index (χ3v) is 3.51. The molecule has 0 aliphatic rings. The molecule has 0 aliphatic heterocycles. The number of benzene rings is 1. The molecule has 2 aromatic heterocycles. The third kappa shape index (κ3) is 3.20. The summed E-state index contributed by atoms with van der Waals surface area (Å²) in [4.78, 5) is 0. The molecule has 0 atom stereocenters. The lowest BCUT2D eigenvalue weighted by molar-refractivity contribution is 0.624. The molecule has 6 heteroatoms. The van der Waals surface area contributed by atoms with Gasteiger partial charge < -0.3 is 5.32 Å². The van der Waals surface area contributed by atoms with Crippen LogP contribution in [0, 0.1) is 5.82 Å². The largest absolute Gasteiger partial charge is 0.312 e. The number of nitrogens with one attached hydrogen (secondary N) is 1. The van der Waals surface area contributed by atoms with Crippen molar-refractivity contribution in [1.29, 1.82) is 0 Å². The zero-order valence-electron chi connectivity index (χ0n) is 11.3. The lowest BCUT2D eigenvalue weighted by Gasteiger charge is -2.05. The molecule has 108 valence electrons. The first-order valence-electron chi connectivity index (χ1n) is 6.67. The normalized spacial score (nSPS) is 11.1. The van der Waals surface area contributed by atoms with Crippen molar-refractivity contribution in [1.82, 2.24) is 19.9 Å². The van der Waals surface area contributed by atoms with Crippen molar-refractivity contribution in [2.45, 2.75) is 13.0 Å². The first-order valence-corrected chi connectivity index (χ1v) is 7.05. The molecule has 0 fully saturated rings. The maximum atomic E-state index is 13.1. The van der Waals surface area contributed by atoms with Crippen LogP contribution >= 0.6 is 11.6 Å². The standard InChI is InChI=1S/C15H14ClFN4/c16-12-9-11(4-5-13(12)17)10-18-7-6-15-20-19-14-3-1-2-8-21(14)15/h1-5,8-9,18H,6-7,10H2. The Hall–Kier alpha value is -1.98. The van der Waals surface area contributed by atoms with Crippen LogP contribution in [0.2, 0.25) is 5.02 Å². The van der Waals surface area contributed by atoms with Crippen LogP contribution in [0.5, 0.6) is 0 Å². The van der Waals surface area contributed by atoms with Gasteiger partial charge >= 0.3 is 0 Å². The SMILES string of the molecule is Fc1ccc(CNCCc2nnc3ccccn23)cc1Cl. The van der Waals surface area contributed by atoms with Crippen molar-refractivity contribution in [3.8, 4) is 0 Å². The summed E-state index contributed by atoms with van der Waals surface area (Å²) in [5.41, 5.74) is 1.80. The maximum Gasteiger partial charge on any atom is 0.160 e. The molecule has 2 heterocycles. The number of rotatable bonds is 5. The van der Waals surface area contributed by atoms with Gasteiger partial charge in [-0.05, 0) is 29.8 Å². The molecule has 1 N–H and O–H groups in total. The first-order chi connectivity index (χ1) is 10.2. The average Bonchev–Trinajstić information content (AvgIpc) is 2.91. The van der Waals surface area contributed by atoms with E-state index < -0.39 is 5.82 Å². The van der Waals surface area contributed by atoms with Crippen LogP contribution < -0.4 is 5.32 Å². The van der Waals surface area contributed by atoms with Gasteiger partial charge in [-0.15, -0.1) is 10.2 Å². The van der Waals surface area contributed by atoms with E-state index in [1.807, 2.05) is 28.8 Å². The molecule has 0 bridgehead atoms. The van der Waals surface area contributed by atoms with Crippen molar-refractivity contribution in [3.63, 3.8) is 0 Å². The number of hydrogen-bond donors (Lipinski definition) is 1. The Morgan fingerprint density at radius 2 is 2.10 bits per heavy atom. The second-order valence-corrected chi connectivity index (χ2v) is 5.13. The molecule has 21 heavy (non-hydrogen) atoms. The molecular formula is C15H14ClFN4. The lowest BCUT2D eigenvalue weighted by atomic mass is 10.2. The Labute approximate surface area is 126 Å². The van der Waals surface area contributed by atoms with Gasteiger partial charge in [-0.3, -0.25) is 4.40 Å². The number of aromatic nitrogens is 3. The van der Waals surface area contributed by atoms with E-state index in [4.69, 9.17) is 11.6 Å². The molecule has 0 saturated heterocycles.